The number of benzene rings is 1. The molecule has 9 heteroatoms. The summed E-state index contributed by atoms with van der Waals surface area (Å²) in [7, 11) is -2.05. The lowest BCUT2D eigenvalue weighted by atomic mass is 9.81. The highest BCUT2D eigenvalue weighted by molar-refractivity contribution is 7.89. The van der Waals surface area contributed by atoms with Gasteiger partial charge in [-0.1, -0.05) is 12.8 Å². The van der Waals surface area contributed by atoms with Crippen LogP contribution < -0.4 is 14.8 Å². The van der Waals surface area contributed by atoms with Crippen molar-refractivity contribution < 1.29 is 22.7 Å². The van der Waals surface area contributed by atoms with Crippen LogP contribution in [0.5, 0.6) is 5.75 Å². The van der Waals surface area contributed by atoms with Crippen LogP contribution in [-0.4, -0.2) is 57.9 Å². The largest absolute Gasteiger partial charge is 0.497 e. The van der Waals surface area contributed by atoms with Crippen molar-refractivity contribution in [3.63, 3.8) is 0 Å². The first-order valence-corrected chi connectivity index (χ1v) is 13.5. The molecule has 0 spiro atoms. The molecule has 2 fully saturated rings. The average Bonchev–Trinajstić information content (AvgIpc) is 3.12. The Morgan fingerprint density at radius 2 is 1.64 bits per heavy atom. The molecular formula is C24H37N3O5S. The van der Waals surface area contributed by atoms with Gasteiger partial charge in [-0.2, -0.15) is 0 Å². The average molecular weight is 480 g/mol. The topological polar surface area (TPSA) is 105 Å². The van der Waals surface area contributed by atoms with Crippen molar-refractivity contribution in [3.05, 3.63) is 24.3 Å². The van der Waals surface area contributed by atoms with Crippen LogP contribution in [0.1, 0.15) is 58.3 Å². The van der Waals surface area contributed by atoms with Crippen molar-refractivity contribution in [2.24, 2.45) is 11.8 Å². The van der Waals surface area contributed by atoms with Crippen LogP contribution in [0.2, 0.25) is 0 Å². The number of carbonyl (C=O) groups is 2. The van der Waals surface area contributed by atoms with Gasteiger partial charge in [-0.3, -0.25) is 9.59 Å². The van der Waals surface area contributed by atoms with Gasteiger partial charge < -0.3 is 15.0 Å². The normalized spacial score (nSPS) is 22.8. The van der Waals surface area contributed by atoms with E-state index in [0.29, 0.717) is 25.1 Å². The molecule has 184 valence electrons. The van der Waals surface area contributed by atoms with Gasteiger partial charge in [0.05, 0.1) is 12.0 Å². The summed E-state index contributed by atoms with van der Waals surface area (Å²) in [4.78, 5) is 27.5. The minimum Gasteiger partial charge on any atom is -0.497 e. The monoisotopic (exact) mass is 479 g/mol. The molecule has 1 unspecified atom stereocenters. The summed E-state index contributed by atoms with van der Waals surface area (Å²) < 4.78 is 32.8. The molecule has 1 saturated carbocycles. The molecule has 2 amide bonds. The van der Waals surface area contributed by atoms with Crippen molar-refractivity contribution in [1.29, 1.82) is 0 Å². The molecule has 0 bridgehead atoms. The second-order valence-electron chi connectivity index (χ2n) is 9.21. The summed E-state index contributed by atoms with van der Waals surface area (Å²) in [6.07, 6.45) is 7.32. The zero-order valence-corrected chi connectivity index (χ0v) is 20.5. The molecule has 3 rings (SSSR count). The van der Waals surface area contributed by atoms with Crippen LogP contribution >= 0.6 is 0 Å². The molecule has 1 saturated heterocycles. The quantitative estimate of drug-likeness (QED) is 0.597. The zero-order valence-electron chi connectivity index (χ0n) is 19.7. The Kier molecular flexibility index (Phi) is 9.14. The maximum Gasteiger partial charge on any atom is 0.244 e. The number of methoxy groups -OCH3 is 1. The molecule has 1 atom stereocenters. The molecule has 2 N–H and O–H groups in total. The molecule has 1 aromatic rings. The van der Waals surface area contributed by atoms with Crippen LogP contribution in [0.15, 0.2) is 29.2 Å². The highest BCUT2D eigenvalue weighted by atomic mass is 32.2. The molecule has 1 aromatic carbocycles. The summed E-state index contributed by atoms with van der Waals surface area (Å²) in [5.41, 5.74) is 0. The Bertz CT molecular complexity index is 887. The third kappa shape index (κ3) is 7.17. The van der Waals surface area contributed by atoms with E-state index >= 15 is 0 Å². The fourth-order valence-electron chi connectivity index (χ4n) is 4.65. The smallest absolute Gasteiger partial charge is 0.244 e. The Morgan fingerprint density at radius 3 is 2.21 bits per heavy atom. The van der Waals surface area contributed by atoms with E-state index in [4.69, 9.17) is 4.74 Å². The van der Waals surface area contributed by atoms with E-state index < -0.39 is 16.1 Å². The fraction of sp³-hybridized carbons (Fsp3) is 0.667. The summed E-state index contributed by atoms with van der Waals surface area (Å²) in [5, 5.41) is 2.92. The molecule has 33 heavy (non-hydrogen) atoms. The van der Waals surface area contributed by atoms with Crippen molar-refractivity contribution in [3.8, 4) is 5.75 Å². The number of sulfonamides is 1. The van der Waals surface area contributed by atoms with Gasteiger partial charge in [0.2, 0.25) is 21.8 Å². The fourth-order valence-corrected chi connectivity index (χ4v) is 5.77. The molecule has 2 aliphatic rings. The van der Waals surface area contributed by atoms with Gasteiger partial charge in [0.15, 0.2) is 0 Å². The maximum absolute atomic E-state index is 12.7. The first-order valence-electron chi connectivity index (χ1n) is 12.0. The van der Waals surface area contributed by atoms with Gasteiger partial charge in [-0.05, 0) is 75.6 Å². The molecular weight excluding hydrogens is 442 g/mol. The number of hydrogen-bond acceptors (Lipinski definition) is 5. The van der Waals surface area contributed by atoms with Crippen LogP contribution in [0.4, 0.5) is 0 Å². The van der Waals surface area contributed by atoms with Gasteiger partial charge in [0, 0.05) is 25.6 Å². The first-order chi connectivity index (χ1) is 15.8. The van der Waals surface area contributed by atoms with E-state index in [1.165, 1.54) is 19.2 Å². The summed E-state index contributed by atoms with van der Waals surface area (Å²) in [6, 6.07) is 5.78. The lowest BCUT2D eigenvalue weighted by Gasteiger charge is -2.30. The van der Waals surface area contributed by atoms with Gasteiger partial charge in [-0.15, -0.1) is 0 Å². The number of rotatable bonds is 8. The molecule has 1 aliphatic heterocycles. The number of nitrogens with zero attached hydrogens (tertiary/aromatic N) is 1. The van der Waals surface area contributed by atoms with Crippen LogP contribution in [0, 0.1) is 11.8 Å². The van der Waals surface area contributed by atoms with Crippen molar-refractivity contribution in [1.82, 2.24) is 14.9 Å². The second-order valence-corrected chi connectivity index (χ2v) is 11.0. The Balaban J connectivity index is 1.42. The lowest BCUT2D eigenvalue weighted by molar-refractivity contribution is -0.137. The minimum atomic E-state index is -3.58. The Labute approximate surface area is 197 Å². The van der Waals surface area contributed by atoms with Crippen molar-refractivity contribution >= 4 is 21.8 Å². The SMILES string of the molecule is COc1ccc(S(=O)(=O)NCC2CCC(C(=O)NC(C)C(=O)N3CCCCCC3)CC2)cc1. The molecule has 1 heterocycles. The van der Waals surface area contributed by atoms with E-state index in [0.717, 1.165) is 51.6 Å². The van der Waals surface area contributed by atoms with Crippen LogP contribution in [-0.2, 0) is 19.6 Å². The third-order valence-corrected chi connectivity index (χ3v) is 8.24. The van der Waals surface area contributed by atoms with Crippen molar-refractivity contribution in [2.45, 2.75) is 69.2 Å². The molecule has 8 nitrogen and oxygen atoms in total. The predicted octanol–water partition coefficient (Wildman–Crippen LogP) is 2.69. The third-order valence-electron chi connectivity index (χ3n) is 6.80. The van der Waals surface area contributed by atoms with Gasteiger partial charge in [-0.25, -0.2) is 13.1 Å². The first kappa shape index (κ1) is 25.5. The molecule has 0 aromatic heterocycles. The highest BCUT2D eigenvalue weighted by Crippen LogP contribution is 2.29. The lowest BCUT2D eigenvalue weighted by Crippen LogP contribution is -2.49. The van der Waals surface area contributed by atoms with E-state index in [-0.39, 0.29) is 28.5 Å². The summed E-state index contributed by atoms with van der Waals surface area (Å²) in [5.74, 6) is 0.611. The number of likely N-dealkylation sites (tertiary alicyclic amines) is 1. The molecule has 0 radical (unpaired) electrons. The summed E-state index contributed by atoms with van der Waals surface area (Å²) >= 11 is 0. The number of nitrogens with one attached hydrogen (secondary N) is 2. The number of carbonyl (C=O) groups excluding carboxylic acids is 2. The number of ether oxygens (including phenoxy) is 1. The Morgan fingerprint density at radius 1 is 1.03 bits per heavy atom. The maximum atomic E-state index is 12.7. The molecule has 1 aliphatic carbocycles. The van der Waals surface area contributed by atoms with E-state index in [2.05, 4.69) is 10.0 Å². The van der Waals surface area contributed by atoms with E-state index in [9.17, 15) is 18.0 Å². The van der Waals surface area contributed by atoms with Crippen molar-refractivity contribution in [2.75, 3.05) is 26.7 Å². The second kappa shape index (κ2) is 11.8. The zero-order chi connectivity index (χ0) is 23.8. The van der Waals surface area contributed by atoms with Crippen LogP contribution in [0.25, 0.3) is 0 Å². The van der Waals surface area contributed by atoms with E-state index in [1.54, 1.807) is 19.1 Å². The highest BCUT2D eigenvalue weighted by Gasteiger charge is 2.30. The predicted molar refractivity (Wildman–Crippen MR) is 126 cm³/mol. The minimum absolute atomic E-state index is 0.00637. The van der Waals surface area contributed by atoms with Gasteiger partial charge in [0.1, 0.15) is 11.8 Å². The number of amides is 2. The number of hydrogen-bond donors (Lipinski definition) is 2. The van der Waals surface area contributed by atoms with E-state index in [1.807, 2.05) is 4.90 Å². The van der Waals surface area contributed by atoms with Crippen LogP contribution in [0.3, 0.4) is 0 Å². The van der Waals surface area contributed by atoms with Gasteiger partial charge in [0.25, 0.3) is 0 Å². The summed E-state index contributed by atoms with van der Waals surface area (Å²) in [6.45, 7) is 3.67. The van der Waals surface area contributed by atoms with Gasteiger partial charge >= 0.3 is 0 Å². The standard InChI is InChI=1S/C24H37N3O5S/c1-18(24(29)27-15-5-3-4-6-16-27)26-23(28)20-9-7-19(8-10-20)17-25-33(30,31)22-13-11-21(32-2)12-14-22/h11-14,18-20,25H,3-10,15-17H2,1-2H3,(H,26,28). The Hall–Kier alpha value is -2.13.